The van der Waals surface area contributed by atoms with E-state index in [0.29, 0.717) is 42.1 Å². The Bertz CT molecular complexity index is 1630. The van der Waals surface area contributed by atoms with Crippen LogP contribution in [0, 0.1) is 0 Å². The highest BCUT2D eigenvalue weighted by Crippen LogP contribution is 2.34. The quantitative estimate of drug-likeness (QED) is 0.396. The van der Waals surface area contributed by atoms with Gasteiger partial charge in [0.05, 0.1) is 18.0 Å². The van der Waals surface area contributed by atoms with E-state index in [1.165, 1.54) is 6.20 Å². The zero-order chi connectivity index (χ0) is 28.7. The van der Waals surface area contributed by atoms with E-state index in [9.17, 15) is 22.8 Å². The predicted molar refractivity (Wildman–Crippen MR) is 147 cm³/mol. The van der Waals surface area contributed by atoms with Gasteiger partial charge in [0.15, 0.2) is 5.65 Å². The Balaban J connectivity index is 1.24. The molecule has 2 aliphatic heterocycles. The lowest BCUT2D eigenvalue weighted by atomic mass is 10.1. The highest BCUT2D eigenvalue weighted by molar-refractivity contribution is 6.09. The fourth-order valence-corrected chi connectivity index (χ4v) is 5.36. The van der Waals surface area contributed by atoms with Crippen LogP contribution in [0.1, 0.15) is 37.5 Å². The number of anilines is 2. The molecule has 4 heterocycles. The molecular weight excluding hydrogens is 535 g/mol. The zero-order valence-electron chi connectivity index (χ0n) is 22.4. The van der Waals surface area contributed by atoms with Crippen molar-refractivity contribution < 1.29 is 22.8 Å². The fourth-order valence-electron chi connectivity index (χ4n) is 5.36. The number of carbonyl (C=O) groups is 2. The number of piperazine rings is 1. The van der Waals surface area contributed by atoms with Crippen molar-refractivity contribution in [1.29, 1.82) is 0 Å². The molecule has 1 fully saturated rings. The van der Waals surface area contributed by atoms with E-state index in [2.05, 4.69) is 25.1 Å². The van der Waals surface area contributed by atoms with Gasteiger partial charge in [-0.25, -0.2) is 4.98 Å². The highest BCUT2D eigenvalue weighted by atomic mass is 19.4. The van der Waals surface area contributed by atoms with Crippen molar-refractivity contribution in [2.45, 2.75) is 19.1 Å². The van der Waals surface area contributed by atoms with Gasteiger partial charge in [0.1, 0.15) is 5.69 Å². The summed E-state index contributed by atoms with van der Waals surface area (Å²) in [5, 5.41) is 2.65. The van der Waals surface area contributed by atoms with E-state index in [4.69, 9.17) is 0 Å². The Morgan fingerprint density at radius 1 is 1.00 bits per heavy atom. The average molecular weight is 564 g/mol. The first-order valence-corrected chi connectivity index (χ1v) is 13.3. The lowest BCUT2D eigenvalue weighted by Gasteiger charge is -2.32. The SMILES string of the molecule is CN1CCN(Cc2cc(NC(=O)c3ccc4c(c3)N(C(=O)c3cnc5cnccn35)CC4)cc(C(F)(F)F)c2)CC1. The number of benzene rings is 2. The van der Waals surface area contributed by atoms with Crippen molar-refractivity contribution in [3.8, 4) is 0 Å². The molecular formula is C29H28F3N7O2. The number of aromatic nitrogens is 3. The number of nitrogens with one attached hydrogen (secondary N) is 1. The number of imidazole rings is 1. The van der Waals surface area contributed by atoms with Crippen molar-refractivity contribution in [2.24, 2.45) is 0 Å². The zero-order valence-corrected chi connectivity index (χ0v) is 22.4. The van der Waals surface area contributed by atoms with E-state index < -0.39 is 17.6 Å². The lowest BCUT2D eigenvalue weighted by molar-refractivity contribution is -0.137. The van der Waals surface area contributed by atoms with E-state index in [0.717, 1.165) is 43.9 Å². The van der Waals surface area contributed by atoms with Crippen molar-refractivity contribution in [3.63, 3.8) is 0 Å². The lowest BCUT2D eigenvalue weighted by Crippen LogP contribution is -2.43. The molecule has 2 aromatic heterocycles. The summed E-state index contributed by atoms with van der Waals surface area (Å²) in [5.74, 6) is -0.829. The van der Waals surface area contributed by atoms with Crippen LogP contribution in [0.2, 0.25) is 0 Å². The number of fused-ring (bicyclic) bond motifs is 2. The van der Waals surface area contributed by atoms with Crippen molar-refractivity contribution >= 4 is 28.8 Å². The Morgan fingerprint density at radius 2 is 1.80 bits per heavy atom. The van der Waals surface area contributed by atoms with Crippen LogP contribution in [0.15, 0.2) is 61.2 Å². The van der Waals surface area contributed by atoms with Gasteiger partial charge in [-0.3, -0.25) is 23.9 Å². The summed E-state index contributed by atoms with van der Waals surface area (Å²) < 4.78 is 42.9. The van der Waals surface area contributed by atoms with E-state index >= 15 is 0 Å². The first kappa shape index (κ1) is 26.9. The summed E-state index contributed by atoms with van der Waals surface area (Å²) in [7, 11) is 2.01. The molecule has 41 heavy (non-hydrogen) atoms. The third-order valence-corrected chi connectivity index (χ3v) is 7.60. The van der Waals surface area contributed by atoms with E-state index in [1.807, 2.05) is 7.05 Å². The normalized spacial score (nSPS) is 16.2. The second-order valence-electron chi connectivity index (χ2n) is 10.4. The number of hydrogen-bond acceptors (Lipinski definition) is 6. The maximum atomic E-state index is 13.7. The minimum Gasteiger partial charge on any atom is -0.322 e. The monoisotopic (exact) mass is 563 g/mol. The first-order chi connectivity index (χ1) is 19.7. The van der Waals surface area contributed by atoms with Gasteiger partial charge in [0.2, 0.25) is 0 Å². The molecule has 0 bridgehead atoms. The smallest absolute Gasteiger partial charge is 0.322 e. The number of carbonyl (C=O) groups excluding carboxylic acids is 2. The molecule has 0 aliphatic carbocycles. The van der Waals surface area contributed by atoms with Crippen molar-refractivity contribution in [1.82, 2.24) is 24.2 Å². The molecule has 9 nitrogen and oxygen atoms in total. The molecule has 0 saturated carbocycles. The second-order valence-corrected chi connectivity index (χ2v) is 10.4. The number of halogens is 3. The average Bonchev–Trinajstić information content (AvgIpc) is 3.57. The minimum absolute atomic E-state index is 0.0710. The molecule has 2 aliphatic rings. The Hall–Kier alpha value is -4.29. The van der Waals surface area contributed by atoms with Gasteiger partial charge in [-0.05, 0) is 54.9 Å². The van der Waals surface area contributed by atoms with Crippen LogP contribution in [0.3, 0.4) is 0 Å². The summed E-state index contributed by atoms with van der Waals surface area (Å²) in [4.78, 5) is 40.8. The van der Waals surface area contributed by atoms with Crippen LogP contribution in [-0.2, 0) is 19.1 Å². The highest BCUT2D eigenvalue weighted by Gasteiger charge is 2.32. The van der Waals surface area contributed by atoms with Crippen LogP contribution in [0.5, 0.6) is 0 Å². The van der Waals surface area contributed by atoms with Gasteiger partial charge < -0.3 is 15.1 Å². The third-order valence-electron chi connectivity index (χ3n) is 7.60. The molecule has 2 amide bonds. The van der Waals surface area contributed by atoms with Crippen molar-refractivity contribution in [2.75, 3.05) is 50.0 Å². The van der Waals surface area contributed by atoms with E-state index in [1.54, 1.807) is 52.2 Å². The molecule has 4 aromatic rings. The van der Waals surface area contributed by atoms with E-state index in [-0.39, 0.29) is 17.2 Å². The van der Waals surface area contributed by atoms with Gasteiger partial charge in [0, 0.05) is 68.6 Å². The first-order valence-electron chi connectivity index (χ1n) is 13.3. The largest absolute Gasteiger partial charge is 0.416 e. The molecule has 0 unspecified atom stereocenters. The molecule has 6 rings (SSSR count). The van der Waals surface area contributed by atoms with Gasteiger partial charge in [-0.15, -0.1) is 0 Å². The minimum atomic E-state index is -4.56. The molecule has 0 spiro atoms. The molecule has 2 aromatic carbocycles. The number of amides is 2. The molecule has 0 atom stereocenters. The van der Waals surface area contributed by atoms with Gasteiger partial charge >= 0.3 is 6.18 Å². The van der Waals surface area contributed by atoms with Gasteiger partial charge in [-0.1, -0.05) is 6.07 Å². The van der Waals surface area contributed by atoms with Gasteiger partial charge in [-0.2, -0.15) is 13.2 Å². The van der Waals surface area contributed by atoms with Crippen molar-refractivity contribution in [3.05, 3.63) is 89.1 Å². The molecule has 212 valence electrons. The van der Waals surface area contributed by atoms with Gasteiger partial charge in [0.25, 0.3) is 11.8 Å². The number of rotatable bonds is 5. The maximum Gasteiger partial charge on any atom is 0.416 e. The predicted octanol–water partition coefficient (Wildman–Crippen LogP) is 3.95. The molecule has 0 radical (unpaired) electrons. The molecule has 1 saturated heterocycles. The Labute approximate surface area is 234 Å². The number of likely N-dealkylation sites (N-methyl/N-ethyl adjacent to an activating group) is 1. The molecule has 1 N–H and O–H groups in total. The summed E-state index contributed by atoms with van der Waals surface area (Å²) >= 11 is 0. The third kappa shape index (κ3) is 5.52. The number of hydrogen-bond donors (Lipinski definition) is 1. The second kappa shape index (κ2) is 10.6. The standard InChI is InChI=1S/C29H28F3N7O2/c1-36-8-10-37(11-9-36)18-19-12-22(29(30,31)32)15-23(13-19)35-27(40)21-3-2-20-4-6-39(24(20)14-21)28(41)25-16-34-26-17-33-5-7-38(25)26/h2-3,5,7,12-17H,4,6,8-11,18H2,1H3,(H,35,40). The van der Waals surface area contributed by atoms with Crippen LogP contribution < -0.4 is 10.2 Å². The van der Waals surface area contributed by atoms with Crippen LogP contribution in [0.4, 0.5) is 24.5 Å². The van der Waals surface area contributed by atoms with Crippen LogP contribution >= 0.6 is 0 Å². The maximum absolute atomic E-state index is 13.7. The summed E-state index contributed by atoms with van der Waals surface area (Å²) in [6, 6.07) is 8.70. The Kier molecular flexibility index (Phi) is 6.96. The Morgan fingerprint density at radius 3 is 2.59 bits per heavy atom. The number of alkyl halides is 3. The summed E-state index contributed by atoms with van der Waals surface area (Å²) in [6.07, 6.45) is 2.33. The molecule has 12 heteroatoms. The summed E-state index contributed by atoms with van der Waals surface area (Å²) in [5.41, 5.74) is 2.37. The van der Waals surface area contributed by atoms with Crippen LogP contribution in [-0.4, -0.2) is 75.8 Å². The number of nitrogens with zero attached hydrogens (tertiary/aromatic N) is 6. The summed E-state index contributed by atoms with van der Waals surface area (Å²) in [6.45, 7) is 3.98. The topological polar surface area (TPSA) is 86.1 Å². The van der Waals surface area contributed by atoms with Crippen LogP contribution in [0.25, 0.3) is 5.65 Å². The fraction of sp³-hybridized carbons (Fsp3) is 0.310.